The van der Waals surface area contributed by atoms with Crippen LogP contribution in [0.15, 0.2) is 59.1 Å². The van der Waals surface area contributed by atoms with E-state index in [0.717, 1.165) is 11.3 Å². The number of pyridine rings is 1. The largest absolute Gasteiger partial charge is 0.362 e. The second-order valence-electron chi connectivity index (χ2n) is 9.25. The number of amides is 1. The molecule has 2 aromatic rings. The Hall–Kier alpha value is -2.63. The first-order valence-corrected chi connectivity index (χ1v) is 11.2. The highest BCUT2D eigenvalue weighted by atomic mass is 35.5. The predicted molar refractivity (Wildman–Crippen MR) is 128 cm³/mol. The third-order valence-corrected chi connectivity index (χ3v) is 6.77. The van der Waals surface area contributed by atoms with Crippen LogP contribution in [-0.4, -0.2) is 16.7 Å². The summed E-state index contributed by atoms with van der Waals surface area (Å²) >= 11 is 12.9. The van der Waals surface area contributed by atoms with Gasteiger partial charge in [-0.2, -0.15) is 0 Å². The number of carbonyl (C=O) groups is 2. The summed E-state index contributed by atoms with van der Waals surface area (Å²) in [5, 5.41) is 6.96. The summed E-state index contributed by atoms with van der Waals surface area (Å²) in [6.45, 7) is 7.92. The predicted octanol–water partition coefficient (Wildman–Crippen LogP) is 5.94. The molecule has 7 heteroatoms. The third kappa shape index (κ3) is 4.19. The number of aryl methyl sites for hydroxylation is 1. The molecule has 5 nitrogen and oxygen atoms in total. The molecule has 1 aliphatic heterocycles. The van der Waals surface area contributed by atoms with E-state index in [4.69, 9.17) is 23.2 Å². The van der Waals surface area contributed by atoms with E-state index < -0.39 is 5.92 Å². The topological polar surface area (TPSA) is 71.1 Å². The van der Waals surface area contributed by atoms with Gasteiger partial charge < -0.3 is 10.6 Å². The van der Waals surface area contributed by atoms with Crippen LogP contribution >= 0.6 is 23.2 Å². The molecule has 2 aliphatic rings. The van der Waals surface area contributed by atoms with Crippen molar-refractivity contribution in [1.82, 2.24) is 10.3 Å². The lowest BCUT2D eigenvalue weighted by molar-refractivity contribution is -0.118. The zero-order valence-electron chi connectivity index (χ0n) is 18.5. The summed E-state index contributed by atoms with van der Waals surface area (Å²) in [5.41, 5.74) is 3.99. The molecule has 0 saturated heterocycles. The summed E-state index contributed by atoms with van der Waals surface area (Å²) in [6.07, 6.45) is 2.74. The van der Waals surface area contributed by atoms with Gasteiger partial charge in [0.15, 0.2) is 5.78 Å². The number of Topliss-reactive ketones (excluding diaryl/α,β-unsaturated/α-hetero) is 1. The van der Waals surface area contributed by atoms with Crippen LogP contribution in [0.5, 0.6) is 0 Å². The maximum atomic E-state index is 13.5. The van der Waals surface area contributed by atoms with Crippen LogP contribution in [0.3, 0.4) is 0 Å². The number of benzene rings is 1. The first kappa shape index (κ1) is 22.6. The second kappa shape index (κ2) is 8.38. The van der Waals surface area contributed by atoms with E-state index in [1.54, 1.807) is 24.4 Å². The molecule has 1 atom stereocenters. The van der Waals surface area contributed by atoms with Gasteiger partial charge in [-0.05, 0) is 55.0 Å². The first-order valence-electron chi connectivity index (χ1n) is 10.5. The van der Waals surface area contributed by atoms with Gasteiger partial charge in [-0.25, -0.2) is 4.98 Å². The van der Waals surface area contributed by atoms with Crippen molar-refractivity contribution < 1.29 is 9.59 Å². The lowest BCUT2D eigenvalue weighted by atomic mass is 9.68. The fraction of sp³-hybridized carbons (Fsp3) is 0.320. The van der Waals surface area contributed by atoms with Crippen molar-refractivity contribution in [3.05, 3.63) is 80.2 Å². The van der Waals surface area contributed by atoms with Crippen LogP contribution in [-0.2, 0) is 9.59 Å². The number of aromatic nitrogens is 1. The van der Waals surface area contributed by atoms with Crippen molar-refractivity contribution in [2.45, 2.75) is 46.5 Å². The number of anilines is 1. The molecule has 0 saturated carbocycles. The molecule has 1 aromatic carbocycles. The molecular formula is C25H25Cl2N3O2. The molecule has 2 N–H and O–H groups in total. The lowest BCUT2D eigenvalue weighted by Gasteiger charge is -2.39. The monoisotopic (exact) mass is 469 g/mol. The van der Waals surface area contributed by atoms with Crippen molar-refractivity contribution in [2.75, 3.05) is 5.32 Å². The Morgan fingerprint density at radius 2 is 1.94 bits per heavy atom. The van der Waals surface area contributed by atoms with Gasteiger partial charge in [-0.1, -0.05) is 49.2 Å². The minimum absolute atomic E-state index is 0.0104. The van der Waals surface area contributed by atoms with Gasteiger partial charge in [-0.3, -0.25) is 9.59 Å². The molecule has 0 unspecified atom stereocenters. The molecule has 0 bridgehead atoms. The van der Waals surface area contributed by atoms with Gasteiger partial charge in [0.2, 0.25) is 0 Å². The Morgan fingerprint density at radius 3 is 2.66 bits per heavy atom. The Morgan fingerprint density at radius 1 is 1.19 bits per heavy atom. The van der Waals surface area contributed by atoms with Gasteiger partial charge in [0.05, 0.1) is 10.0 Å². The van der Waals surface area contributed by atoms with Gasteiger partial charge >= 0.3 is 0 Å². The molecule has 1 amide bonds. The highest BCUT2D eigenvalue weighted by molar-refractivity contribution is 6.42. The third-order valence-electron chi connectivity index (χ3n) is 5.93. The number of nitrogens with one attached hydrogen (secondary N) is 2. The minimum atomic E-state index is -0.620. The van der Waals surface area contributed by atoms with Gasteiger partial charge in [0.25, 0.3) is 5.91 Å². The van der Waals surface area contributed by atoms with E-state index in [-0.39, 0.29) is 17.1 Å². The highest BCUT2D eigenvalue weighted by Crippen LogP contribution is 2.48. The average Bonchev–Trinajstić information content (AvgIpc) is 2.68. The number of halogens is 2. The average molecular weight is 470 g/mol. The maximum Gasteiger partial charge on any atom is 0.255 e. The van der Waals surface area contributed by atoms with Crippen molar-refractivity contribution in [3.63, 3.8) is 0 Å². The number of dihydropyridines is 1. The van der Waals surface area contributed by atoms with Crippen LogP contribution in [0, 0.1) is 12.3 Å². The zero-order valence-corrected chi connectivity index (χ0v) is 20.0. The SMILES string of the molecule is CC1=C(C(=O)Nc2cc(C)ccn2)[C@H](c2cccc(Cl)c2Cl)C2=C(CC(C)(C)CC2=O)N1. The summed E-state index contributed by atoms with van der Waals surface area (Å²) in [5.74, 6) is -0.498. The molecule has 166 valence electrons. The van der Waals surface area contributed by atoms with Crippen molar-refractivity contribution in [1.29, 1.82) is 0 Å². The molecule has 2 heterocycles. The van der Waals surface area contributed by atoms with Gasteiger partial charge in [-0.15, -0.1) is 0 Å². The summed E-state index contributed by atoms with van der Waals surface area (Å²) in [6, 6.07) is 8.96. The zero-order chi connectivity index (χ0) is 23.2. The van der Waals surface area contributed by atoms with Gasteiger partial charge in [0, 0.05) is 41.1 Å². The number of hydrogen-bond donors (Lipinski definition) is 2. The fourth-order valence-corrected chi connectivity index (χ4v) is 5.00. The molecule has 4 rings (SSSR count). The van der Waals surface area contributed by atoms with Crippen LogP contribution < -0.4 is 10.6 Å². The molecular weight excluding hydrogens is 445 g/mol. The van der Waals surface area contributed by atoms with E-state index in [0.29, 0.717) is 51.1 Å². The summed E-state index contributed by atoms with van der Waals surface area (Å²) in [7, 11) is 0. The summed E-state index contributed by atoms with van der Waals surface area (Å²) in [4.78, 5) is 31.1. The lowest BCUT2D eigenvalue weighted by Crippen LogP contribution is -2.39. The second-order valence-corrected chi connectivity index (χ2v) is 10.0. The minimum Gasteiger partial charge on any atom is -0.362 e. The Kier molecular flexibility index (Phi) is 5.91. The molecule has 0 spiro atoms. The first-order chi connectivity index (χ1) is 15.1. The normalized spacial score (nSPS) is 20.1. The number of rotatable bonds is 3. The molecule has 0 fully saturated rings. The van der Waals surface area contributed by atoms with E-state index in [9.17, 15) is 9.59 Å². The Bertz CT molecular complexity index is 1200. The molecule has 0 radical (unpaired) electrons. The van der Waals surface area contributed by atoms with Crippen LogP contribution in [0.1, 0.15) is 50.7 Å². The van der Waals surface area contributed by atoms with Gasteiger partial charge in [0.1, 0.15) is 5.82 Å². The van der Waals surface area contributed by atoms with E-state index in [2.05, 4.69) is 29.5 Å². The van der Waals surface area contributed by atoms with E-state index in [1.807, 2.05) is 26.0 Å². The standard InChI is InChI=1S/C25H25Cl2N3O2/c1-13-8-9-28-19(10-13)30-24(32)20-14(2)29-17-11-25(3,4)12-18(31)22(17)21(20)15-6-5-7-16(26)23(15)27/h5-10,21,29H,11-12H2,1-4H3,(H,28,30,32)/t21-/m0/s1. The van der Waals surface area contributed by atoms with Crippen molar-refractivity contribution in [2.24, 2.45) is 5.41 Å². The number of allylic oxidation sites excluding steroid dienone is 3. The molecule has 1 aromatic heterocycles. The van der Waals surface area contributed by atoms with E-state index in [1.165, 1.54) is 0 Å². The van der Waals surface area contributed by atoms with Crippen LogP contribution in [0.4, 0.5) is 5.82 Å². The van der Waals surface area contributed by atoms with Crippen LogP contribution in [0.25, 0.3) is 0 Å². The summed E-state index contributed by atoms with van der Waals surface area (Å²) < 4.78 is 0. The number of nitrogens with zero attached hydrogens (tertiary/aromatic N) is 1. The van der Waals surface area contributed by atoms with Crippen molar-refractivity contribution >= 4 is 40.7 Å². The number of carbonyl (C=O) groups excluding carboxylic acids is 2. The smallest absolute Gasteiger partial charge is 0.255 e. The Labute approximate surface area is 197 Å². The molecule has 32 heavy (non-hydrogen) atoms. The number of hydrogen-bond acceptors (Lipinski definition) is 4. The highest BCUT2D eigenvalue weighted by Gasteiger charge is 2.43. The molecule has 1 aliphatic carbocycles. The van der Waals surface area contributed by atoms with Crippen molar-refractivity contribution in [3.8, 4) is 0 Å². The quantitative estimate of drug-likeness (QED) is 0.583. The fourth-order valence-electron chi connectivity index (χ4n) is 4.58. The number of ketones is 1. The van der Waals surface area contributed by atoms with Crippen LogP contribution in [0.2, 0.25) is 10.0 Å². The maximum absolute atomic E-state index is 13.5. The van der Waals surface area contributed by atoms with E-state index >= 15 is 0 Å². The Balaban J connectivity index is 1.85.